The maximum absolute atomic E-state index is 12.5. The van der Waals surface area contributed by atoms with Gasteiger partial charge in [-0.25, -0.2) is 5.43 Å². The predicted molar refractivity (Wildman–Crippen MR) is 120 cm³/mol. The lowest BCUT2D eigenvalue weighted by molar-refractivity contribution is -0.130. The molecule has 0 unspecified atom stereocenters. The molecule has 1 aliphatic heterocycles. The van der Waals surface area contributed by atoms with Crippen molar-refractivity contribution in [3.63, 3.8) is 0 Å². The van der Waals surface area contributed by atoms with Crippen molar-refractivity contribution in [2.45, 2.75) is 12.6 Å². The van der Waals surface area contributed by atoms with E-state index in [1.807, 2.05) is 54.7 Å². The first-order chi connectivity index (χ1) is 15.3. The summed E-state index contributed by atoms with van der Waals surface area (Å²) in [5.74, 6) is 0.849. The fourth-order valence-corrected chi connectivity index (χ4v) is 3.68. The second-order valence-electron chi connectivity index (χ2n) is 7.31. The Morgan fingerprint density at radius 1 is 1.00 bits per heavy atom. The first-order valence-corrected chi connectivity index (χ1v) is 10.1. The van der Waals surface area contributed by atoms with E-state index in [0.29, 0.717) is 11.5 Å². The van der Waals surface area contributed by atoms with Crippen molar-refractivity contribution in [3.05, 3.63) is 96.2 Å². The molecule has 0 aliphatic carbocycles. The average Bonchev–Trinajstić information content (AvgIpc) is 3.17. The Labute approximate surface area is 179 Å². The van der Waals surface area contributed by atoms with Crippen LogP contribution < -0.4 is 14.9 Å². The lowest BCUT2D eigenvalue weighted by atomic mass is 10.2. The van der Waals surface area contributed by atoms with Crippen molar-refractivity contribution in [2.24, 2.45) is 5.10 Å². The monoisotopic (exact) mass is 411 g/mol. The van der Waals surface area contributed by atoms with Crippen LogP contribution in [0.25, 0.3) is 10.9 Å². The molecule has 5 rings (SSSR count). The molecule has 0 radical (unpaired) electrons. The van der Waals surface area contributed by atoms with Crippen molar-refractivity contribution in [2.75, 3.05) is 6.61 Å². The van der Waals surface area contributed by atoms with Crippen LogP contribution in [0.4, 0.5) is 0 Å². The standard InChI is InChI=1S/C25H21N3O3/c29-25(24-17-30-22-12-6-7-13-23(22)31-24)27-26-14-19-16-28(15-18-8-2-1-3-9-18)21-11-5-4-10-20(19)21/h1-14,16,24H,15,17H2,(H,27,29)/b26-14-/t24-/m1/s1. The number of benzene rings is 3. The summed E-state index contributed by atoms with van der Waals surface area (Å²) >= 11 is 0. The molecule has 0 saturated carbocycles. The number of hydrogen-bond acceptors (Lipinski definition) is 4. The Balaban J connectivity index is 1.31. The molecule has 1 amide bonds. The zero-order chi connectivity index (χ0) is 21.0. The summed E-state index contributed by atoms with van der Waals surface area (Å²) in [4.78, 5) is 12.5. The van der Waals surface area contributed by atoms with E-state index in [0.717, 1.165) is 23.0 Å². The van der Waals surface area contributed by atoms with Crippen molar-refractivity contribution >= 4 is 23.0 Å². The molecule has 0 saturated heterocycles. The van der Waals surface area contributed by atoms with E-state index in [1.54, 1.807) is 12.3 Å². The molecule has 0 bridgehead atoms. The predicted octanol–water partition coefficient (Wildman–Crippen LogP) is 3.98. The lowest BCUT2D eigenvalue weighted by Crippen LogP contribution is -2.42. The van der Waals surface area contributed by atoms with Gasteiger partial charge in [-0.05, 0) is 23.8 Å². The quantitative estimate of drug-likeness (QED) is 0.399. The number of fused-ring (bicyclic) bond motifs is 2. The lowest BCUT2D eigenvalue weighted by Gasteiger charge is -2.24. The van der Waals surface area contributed by atoms with Crippen molar-refractivity contribution < 1.29 is 14.3 Å². The van der Waals surface area contributed by atoms with Crippen LogP contribution in [0, 0.1) is 0 Å². The minimum Gasteiger partial charge on any atom is -0.485 e. The zero-order valence-corrected chi connectivity index (χ0v) is 16.8. The van der Waals surface area contributed by atoms with Gasteiger partial charge in [-0.15, -0.1) is 0 Å². The van der Waals surface area contributed by atoms with Crippen molar-refractivity contribution in [3.8, 4) is 11.5 Å². The maximum atomic E-state index is 12.5. The molecule has 0 fully saturated rings. The van der Waals surface area contributed by atoms with Crippen LogP contribution in [0.3, 0.4) is 0 Å². The largest absolute Gasteiger partial charge is 0.485 e. The van der Waals surface area contributed by atoms with Crippen LogP contribution in [0.15, 0.2) is 90.2 Å². The van der Waals surface area contributed by atoms with Gasteiger partial charge >= 0.3 is 0 Å². The van der Waals surface area contributed by atoms with E-state index in [9.17, 15) is 4.79 Å². The number of nitrogens with zero attached hydrogens (tertiary/aromatic N) is 2. The van der Waals surface area contributed by atoms with Crippen LogP contribution in [0.5, 0.6) is 11.5 Å². The third-order valence-corrected chi connectivity index (χ3v) is 5.19. The van der Waals surface area contributed by atoms with E-state index < -0.39 is 6.10 Å². The van der Waals surface area contributed by atoms with Gasteiger partial charge in [-0.2, -0.15) is 5.10 Å². The van der Waals surface area contributed by atoms with Gasteiger partial charge in [0.1, 0.15) is 6.61 Å². The van der Waals surface area contributed by atoms with Gasteiger partial charge in [0, 0.05) is 29.2 Å². The van der Waals surface area contributed by atoms with Gasteiger partial charge in [0.2, 0.25) is 6.10 Å². The van der Waals surface area contributed by atoms with Gasteiger partial charge in [-0.1, -0.05) is 60.7 Å². The molecular weight excluding hydrogens is 390 g/mol. The summed E-state index contributed by atoms with van der Waals surface area (Å²) in [5.41, 5.74) is 5.83. The van der Waals surface area contributed by atoms with Gasteiger partial charge in [0.05, 0.1) is 6.21 Å². The number of amides is 1. The number of aromatic nitrogens is 1. The van der Waals surface area contributed by atoms with Crippen LogP contribution in [-0.2, 0) is 11.3 Å². The number of nitrogens with one attached hydrogen (secondary N) is 1. The number of hydrogen-bond donors (Lipinski definition) is 1. The van der Waals surface area contributed by atoms with Crippen LogP contribution in [-0.4, -0.2) is 29.4 Å². The molecule has 1 aromatic heterocycles. The second-order valence-corrected chi connectivity index (χ2v) is 7.31. The van der Waals surface area contributed by atoms with Gasteiger partial charge in [-0.3, -0.25) is 4.79 Å². The minimum atomic E-state index is -0.744. The number of carbonyl (C=O) groups is 1. The summed E-state index contributed by atoms with van der Waals surface area (Å²) in [7, 11) is 0. The number of rotatable bonds is 5. The first kappa shape index (κ1) is 18.9. The molecule has 2 heterocycles. The fraction of sp³-hybridized carbons (Fsp3) is 0.120. The Morgan fingerprint density at radius 2 is 1.74 bits per heavy atom. The normalized spacial score (nSPS) is 15.3. The molecule has 6 heteroatoms. The topological polar surface area (TPSA) is 64.9 Å². The van der Waals surface area contributed by atoms with Crippen LogP contribution in [0.1, 0.15) is 11.1 Å². The SMILES string of the molecule is O=C(N/N=C\c1cn(Cc2ccccc2)c2ccccc12)[C@H]1COc2ccccc2O1. The Morgan fingerprint density at radius 3 is 2.61 bits per heavy atom. The minimum absolute atomic E-state index is 0.148. The zero-order valence-electron chi connectivity index (χ0n) is 16.8. The molecule has 1 atom stereocenters. The van der Waals surface area contributed by atoms with Crippen LogP contribution >= 0.6 is 0 Å². The van der Waals surface area contributed by atoms with Gasteiger partial charge < -0.3 is 14.0 Å². The molecule has 31 heavy (non-hydrogen) atoms. The smallest absolute Gasteiger partial charge is 0.284 e. The number of carbonyl (C=O) groups excluding carboxylic acids is 1. The van der Waals surface area contributed by atoms with Gasteiger partial charge in [0.15, 0.2) is 11.5 Å². The number of para-hydroxylation sites is 3. The second kappa shape index (κ2) is 8.36. The van der Waals surface area contributed by atoms with E-state index in [-0.39, 0.29) is 12.5 Å². The third kappa shape index (κ3) is 4.00. The summed E-state index contributed by atoms with van der Waals surface area (Å²) < 4.78 is 13.5. The average molecular weight is 411 g/mol. The highest BCUT2D eigenvalue weighted by Gasteiger charge is 2.27. The highest BCUT2D eigenvalue weighted by Crippen LogP contribution is 2.30. The molecule has 1 N–H and O–H groups in total. The Kier molecular flexibility index (Phi) is 5.10. The molecule has 1 aliphatic rings. The molecule has 6 nitrogen and oxygen atoms in total. The molecular formula is C25H21N3O3. The molecule has 4 aromatic rings. The third-order valence-electron chi connectivity index (χ3n) is 5.19. The molecule has 0 spiro atoms. The van der Waals surface area contributed by atoms with E-state index in [4.69, 9.17) is 9.47 Å². The Bertz CT molecular complexity index is 1250. The summed E-state index contributed by atoms with van der Waals surface area (Å²) in [6.07, 6.45) is 2.97. The molecule has 154 valence electrons. The number of hydrazone groups is 1. The maximum Gasteiger partial charge on any atom is 0.284 e. The number of ether oxygens (including phenoxy) is 2. The molecule has 3 aromatic carbocycles. The van der Waals surface area contributed by atoms with Crippen molar-refractivity contribution in [1.29, 1.82) is 0 Å². The highest BCUT2D eigenvalue weighted by molar-refractivity contribution is 5.99. The first-order valence-electron chi connectivity index (χ1n) is 10.1. The Hall–Kier alpha value is -4.06. The summed E-state index contributed by atoms with van der Waals surface area (Å²) in [5, 5.41) is 5.24. The fourth-order valence-electron chi connectivity index (χ4n) is 3.68. The van der Waals surface area contributed by atoms with Gasteiger partial charge in [0.25, 0.3) is 5.91 Å². The van der Waals surface area contributed by atoms with E-state index in [1.165, 1.54) is 5.56 Å². The van der Waals surface area contributed by atoms with E-state index in [2.05, 4.69) is 39.4 Å². The van der Waals surface area contributed by atoms with E-state index >= 15 is 0 Å². The summed E-state index contributed by atoms with van der Waals surface area (Å²) in [6.45, 7) is 0.906. The summed E-state index contributed by atoms with van der Waals surface area (Å²) in [6, 6.07) is 25.7. The van der Waals surface area contributed by atoms with Crippen LogP contribution in [0.2, 0.25) is 0 Å². The highest BCUT2D eigenvalue weighted by atomic mass is 16.6. The van der Waals surface area contributed by atoms with Crippen molar-refractivity contribution in [1.82, 2.24) is 9.99 Å².